The highest BCUT2D eigenvalue weighted by atomic mass is 35.5. The van der Waals surface area contributed by atoms with Crippen molar-refractivity contribution in [3.63, 3.8) is 0 Å². The van der Waals surface area contributed by atoms with Gasteiger partial charge in [0.25, 0.3) is 0 Å². The fraction of sp³-hybridized carbons (Fsp3) is 0.333. The molecule has 2 aromatic rings. The van der Waals surface area contributed by atoms with Crippen LogP contribution in [0.2, 0.25) is 0 Å². The van der Waals surface area contributed by atoms with E-state index in [0.717, 1.165) is 32.4 Å². The van der Waals surface area contributed by atoms with E-state index in [1.807, 2.05) is 6.07 Å². The van der Waals surface area contributed by atoms with Gasteiger partial charge in [0.1, 0.15) is 0 Å². The molecule has 0 aliphatic carbocycles. The molecule has 0 saturated heterocycles. The van der Waals surface area contributed by atoms with Crippen molar-refractivity contribution >= 4 is 12.4 Å². The van der Waals surface area contributed by atoms with E-state index in [0.29, 0.717) is 6.61 Å². The van der Waals surface area contributed by atoms with Crippen molar-refractivity contribution < 1.29 is 5.11 Å². The quantitative estimate of drug-likeness (QED) is 0.722. The van der Waals surface area contributed by atoms with Gasteiger partial charge in [-0.3, -0.25) is 0 Å². The molecule has 21 heavy (non-hydrogen) atoms. The zero-order valence-corrected chi connectivity index (χ0v) is 13.1. The average Bonchev–Trinajstić information content (AvgIpc) is 2.52. The van der Waals surface area contributed by atoms with Crippen LogP contribution in [0.3, 0.4) is 0 Å². The zero-order valence-electron chi connectivity index (χ0n) is 12.3. The van der Waals surface area contributed by atoms with Crippen LogP contribution in [0.1, 0.15) is 24.8 Å². The van der Waals surface area contributed by atoms with Gasteiger partial charge in [-0.25, -0.2) is 0 Å². The molecular formula is C18H24ClNO. The second kappa shape index (κ2) is 10.4. The summed E-state index contributed by atoms with van der Waals surface area (Å²) in [5, 5.41) is 12.1. The first-order chi connectivity index (χ1) is 9.90. The minimum Gasteiger partial charge on any atom is -0.396 e. The molecular weight excluding hydrogens is 282 g/mol. The number of rotatable bonds is 8. The van der Waals surface area contributed by atoms with Crippen LogP contribution in [0.25, 0.3) is 11.1 Å². The van der Waals surface area contributed by atoms with Crippen molar-refractivity contribution in [1.82, 2.24) is 5.32 Å². The molecule has 0 radical (unpaired) electrons. The topological polar surface area (TPSA) is 32.3 Å². The third-order valence-corrected chi connectivity index (χ3v) is 3.40. The number of aliphatic hydroxyl groups is 1. The molecule has 3 heteroatoms. The van der Waals surface area contributed by atoms with Gasteiger partial charge in [0.15, 0.2) is 0 Å². The maximum atomic E-state index is 8.70. The lowest BCUT2D eigenvalue weighted by Crippen LogP contribution is -2.14. The Morgan fingerprint density at radius 3 is 2.10 bits per heavy atom. The molecule has 0 bridgehead atoms. The van der Waals surface area contributed by atoms with Crippen LogP contribution in [-0.2, 0) is 6.54 Å². The Bertz CT molecular complexity index is 484. The number of unbranched alkanes of at least 4 members (excludes halogenated alkanes) is 2. The van der Waals surface area contributed by atoms with Gasteiger partial charge in [0.05, 0.1) is 0 Å². The maximum Gasteiger partial charge on any atom is 0.0431 e. The summed E-state index contributed by atoms with van der Waals surface area (Å²) in [5.41, 5.74) is 3.83. The monoisotopic (exact) mass is 305 g/mol. The molecule has 0 heterocycles. The van der Waals surface area contributed by atoms with Crippen LogP contribution in [0.15, 0.2) is 54.6 Å². The minimum absolute atomic E-state index is 0. The fourth-order valence-electron chi connectivity index (χ4n) is 2.22. The summed E-state index contributed by atoms with van der Waals surface area (Å²) in [5.74, 6) is 0. The highest BCUT2D eigenvalue weighted by Gasteiger charge is 1.97. The van der Waals surface area contributed by atoms with Crippen LogP contribution >= 0.6 is 12.4 Å². The summed E-state index contributed by atoms with van der Waals surface area (Å²) >= 11 is 0. The van der Waals surface area contributed by atoms with Gasteiger partial charge in [-0.15, -0.1) is 12.4 Å². The number of halogens is 1. The van der Waals surface area contributed by atoms with Gasteiger partial charge in [0, 0.05) is 13.2 Å². The van der Waals surface area contributed by atoms with Gasteiger partial charge >= 0.3 is 0 Å². The summed E-state index contributed by atoms with van der Waals surface area (Å²) in [6, 6.07) is 19.2. The maximum absolute atomic E-state index is 8.70. The van der Waals surface area contributed by atoms with Crippen molar-refractivity contribution in [2.75, 3.05) is 13.2 Å². The van der Waals surface area contributed by atoms with Crippen LogP contribution in [0, 0.1) is 0 Å². The molecule has 0 amide bonds. The Hall–Kier alpha value is -1.35. The van der Waals surface area contributed by atoms with E-state index in [9.17, 15) is 0 Å². The lowest BCUT2D eigenvalue weighted by atomic mass is 10.0. The zero-order chi connectivity index (χ0) is 14.0. The molecule has 2 N–H and O–H groups in total. The number of aliphatic hydroxyl groups excluding tert-OH is 1. The van der Waals surface area contributed by atoms with Crippen molar-refractivity contribution in [1.29, 1.82) is 0 Å². The van der Waals surface area contributed by atoms with Crippen molar-refractivity contribution in [3.05, 3.63) is 60.2 Å². The first-order valence-electron chi connectivity index (χ1n) is 7.36. The third kappa shape index (κ3) is 6.30. The number of hydrogen-bond donors (Lipinski definition) is 2. The summed E-state index contributed by atoms with van der Waals surface area (Å²) in [6.45, 7) is 2.23. The van der Waals surface area contributed by atoms with Gasteiger partial charge in [-0.2, -0.15) is 0 Å². The molecule has 2 rings (SSSR count). The highest BCUT2D eigenvalue weighted by Crippen LogP contribution is 2.19. The fourth-order valence-corrected chi connectivity index (χ4v) is 2.22. The Morgan fingerprint density at radius 2 is 1.43 bits per heavy atom. The highest BCUT2D eigenvalue weighted by molar-refractivity contribution is 5.85. The van der Waals surface area contributed by atoms with Crippen LogP contribution in [0.5, 0.6) is 0 Å². The first kappa shape index (κ1) is 17.7. The minimum atomic E-state index is 0. The van der Waals surface area contributed by atoms with Gasteiger partial charge in [-0.05, 0) is 42.5 Å². The largest absolute Gasteiger partial charge is 0.396 e. The molecule has 0 aromatic heterocycles. The molecule has 0 aliphatic rings. The van der Waals surface area contributed by atoms with Gasteiger partial charge in [0.2, 0.25) is 0 Å². The molecule has 2 aromatic carbocycles. The summed E-state index contributed by atoms with van der Waals surface area (Å²) in [6.07, 6.45) is 3.13. The van der Waals surface area contributed by atoms with Crippen LogP contribution in [0.4, 0.5) is 0 Å². The van der Waals surface area contributed by atoms with E-state index in [1.54, 1.807) is 0 Å². The van der Waals surface area contributed by atoms with E-state index in [-0.39, 0.29) is 12.4 Å². The van der Waals surface area contributed by atoms with E-state index in [2.05, 4.69) is 53.8 Å². The average molecular weight is 306 g/mol. The molecule has 0 saturated carbocycles. The van der Waals surface area contributed by atoms with E-state index >= 15 is 0 Å². The molecule has 0 unspecified atom stereocenters. The summed E-state index contributed by atoms with van der Waals surface area (Å²) < 4.78 is 0. The Morgan fingerprint density at radius 1 is 0.762 bits per heavy atom. The number of nitrogens with one attached hydrogen (secondary N) is 1. The SMILES string of the molecule is Cl.OCCCCCNCc1ccc(-c2ccccc2)cc1. The molecule has 0 fully saturated rings. The summed E-state index contributed by atoms with van der Waals surface area (Å²) in [4.78, 5) is 0. The molecule has 0 aliphatic heterocycles. The van der Waals surface area contributed by atoms with Gasteiger partial charge < -0.3 is 10.4 Å². The Balaban J connectivity index is 0.00000220. The van der Waals surface area contributed by atoms with Crippen molar-refractivity contribution in [2.24, 2.45) is 0 Å². The second-order valence-corrected chi connectivity index (χ2v) is 5.02. The molecule has 0 spiro atoms. The Kier molecular flexibility index (Phi) is 8.76. The molecule has 2 nitrogen and oxygen atoms in total. The van der Waals surface area contributed by atoms with E-state index < -0.39 is 0 Å². The predicted octanol–water partition coefficient (Wildman–Crippen LogP) is 4.03. The first-order valence-corrected chi connectivity index (χ1v) is 7.36. The van der Waals surface area contributed by atoms with Crippen molar-refractivity contribution in [2.45, 2.75) is 25.8 Å². The Labute approximate surface area is 133 Å². The van der Waals surface area contributed by atoms with Gasteiger partial charge in [-0.1, -0.05) is 54.6 Å². The lowest BCUT2D eigenvalue weighted by molar-refractivity contribution is 0.283. The van der Waals surface area contributed by atoms with Crippen molar-refractivity contribution in [3.8, 4) is 11.1 Å². The van der Waals surface area contributed by atoms with E-state index in [4.69, 9.17) is 5.11 Å². The summed E-state index contributed by atoms with van der Waals surface area (Å²) in [7, 11) is 0. The smallest absolute Gasteiger partial charge is 0.0431 e. The predicted molar refractivity (Wildman–Crippen MR) is 91.8 cm³/mol. The second-order valence-electron chi connectivity index (χ2n) is 5.02. The number of benzene rings is 2. The standard InChI is InChI=1S/C18H23NO.ClH/c20-14-6-2-5-13-19-15-16-9-11-18(12-10-16)17-7-3-1-4-8-17;/h1,3-4,7-12,19-20H,2,5-6,13-15H2;1H. The molecule has 114 valence electrons. The molecule has 0 atom stereocenters. The third-order valence-electron chi connectivity index (χ3n) is 3.40. The van der Waals surface area contributed by atoms with Crippen LogP contribution < -0.4 is 5.32 Å². The lowest BCUT2D eigenvalue weighted by Gasteiger charge is -2.06. The van der Waals surface area contributed by atoms with Crippen LogP contribution in [-0.4, -0.2) is 18.3 Å². The number of hydrogen-bond acceptors (Lipinski definition) is 2. The van der Waals surface area contributed by atoms with E-state index in [1.165, 1.54) is 16.7 Å². The normalized spacial score (nSPS) is 10.1.